The molecule has 0 bridgehead atoms. The molecule has 0 heterocycles. The van der Waals surface area contributed by atoms with E-state index >= 15 is 0 Å². The largest absolute Gasteiger partial charge is 0.495 e. The Labute approximate surface area is 96.5 Å². The van der Waals surface area contributed by atoms with Gasteiger partial charge in [-0.15, -0.1) is 0 Å². The molecule has 0 aliphatic heterocycles. The van der Waals surface area contributed by atoms with Crippen LogP contribution in [0.2, 0.25) is 0 Å². The Morgan fingerprint density at radius 3 is 2.62 bits per heavy atom. The zero-order valence-electron chi connectivity index (χ0n) is 9.78. The minimum Gasteiger partial charge on any atom is -0.495 e. The number of hydrogen-bond acceptors (Lipinski definition) is 4. The summed E-state index contributed by atoms with van der Waals surface area (Å²) in [6, 6.07) is 5.74. The molecule has 16 heavy (non-hydrogen) atoms. The molecule has 4 nitrogen and oxygen atoms in total. The molecule has 1 aromatic rings. The summed E-state index contributed by atoms with van der Waals surface area (Å²) in [5.41, 5.74) is 1.92. The molecule has 0 unspecified atom stereocenters. The molecule has 1 aromatic carbocycles. The van der Waals surface area contributed by atoms with Crippen LogP contribution < -0.4 is 10.1 Å². The lowest BCUT2D eigenvalue weighted by Gasteiger charge is -2.11. The Balaban J connectivity index is 2.69. The highest BCUT2D eigenvalue weighted by Crippen LogP contribution is 2.24. The van der Waals surface area contributed by atoms with Crippen LogP contribution in [0.4, 0.5) is 5.69 Å². The van der Waals surface area contributed by atoms with E-state index in [2.05, 4.69) is 5.32 Å². The van der Waals surface area contributed by atoms with Crippen molar-refractivity contribution in [2.75, 3.05) is 31.0 Å². The second kappa shape index (κ2) is 5.21. The number of aryl methyl sites for hydroxylation is 1. The van der Waals surface area contributed by atoms with Crippen molar-refractivity contribution in [1.29, 1.82) is 0 Å². The molecule has 0 radical (unpaired) electrons. The molecule has 0 aliphatic rings. The van der Waals surface area contributed by atoms with Gasteiger partial charge in [0.25, 0.3) is 0 Å². The van der Waals surface area contributed by atoms with E-state index in [0.29, 0.717) is 6.54 Å². The topological polar surface area (TPSA) is 55.4 Å². The van der Waals surface area contributed by atoms with Crippen LogP contribution in [-0.2, 0) is 9.84 Å². The van der Waals surface area contributed by atoms with Gasteiger partial charge in [-0.25, -0.2) is 8.42 Å². The van der Waals surface area contributed by atoms with Crippen molar-refractivity contribution in [3.05, 3.63) is 23.8 Å². The summed E-state index contributed by atoms with van der Waals surface area (Å²) in [5, 5.41) is 3.06. The van der Waals surface area contributed by atoms with Gasteiger partial charge in [-0.3, -0.25) is 0 Å². The van der Waals surface area contributed by atoms with Crippen LogP contribution >= 0.6 is 0 Å². The Morgan fingerprint density at radius 2 is 2.06 bits per heavy atom. The van der Waals surface area contributed by atoms with E-state index in [1.165, 1.54) is 6.26 Å². The van der Waals surface area contributed by atoms with Crippen LogP contribution in [0.5, 0.6) is 5.75 Å². The van der Waals surface area contributed by atoms with Crippen molar-refractivity contribution in [2.45, 2.75) is 6.92 Å². The maximum absolute atomic E-state index is 11.0. The second-order valence-corrected chi connectivity index (χ2v) is 6.02. The molecule has 5 heteroatoms. The summed E-state index contributed by atoms with van der Waals surface area (Å²) >= 11 is 0. The summed E-state index contributed by atoms with van der Waals surface area (Å²) in [6.07, 6.45) is 1.22. The molecule has 0 amide bonds. The lowest BCUT2D eigenvalue weighted by atomic mass is 10.2. The lowest BCUT2D eigenvalue weighted by Crippen LogP contribution is -2.14. The van der Waals surface area contributed by atoms with E-state index < -0.39 is 9.84 Å². The quantitative estimate of drug-likeness (QED) is 0.850. The number of hydrogen-bond donors (Lipinski definition) is 1. The van der Waals surface area contributed by atoms with Crippen LogP contribution in [0.15, 0.2) is 18.2 Å². The zero-order chi connectivity index (χ0) is 12.2. The molecule has 1 rings (SSSR count). The number of ether oxygens (including phenoxy) is 1. The number of rotatable bonds is 5. The molecule has 0 fully saturated rings. The third-order valence-corrected chi connectivity index (χ3v) is 3.09. The van der Waals surface area contributed by atoms with Gasteiger partial charge in [-0.05, 0) is 24.6 Å². The predicted molar refractivity (Wildman–Crippen MR) is 65.9 cm³/mol. The maximum atomic E-state index is 11.0. The van der Waals surface area contributed by atoms with Crippen molar-refractivity contribution in [3.63, 3.8) is 0 Å². The van der Waals surface area contributed by atoms with Gasteiger partial charge in [-0.2, -0.15) is 0 Å². The minimum atomic E-state index is -2.93. The Kier molecular flexibility index (Phi) is 4.18. The standard InChI is InChI=1S/C11H17NO3S/c1-9-4-5-11(15-2)10(8-9)12-6-7-16(3,13)14/h4-5,8,12H,6-7H2,1-3H3. The van der Waals surface area contributed by atoms with E-state index in [-0.39, 0.29) is 5.75 Å². The van der Waals surface area contributed by atoms with Gasteiger partial charge in [0.1, 0.15) is 15.6 Å². The fourth-order valence-electron chi connectivity index (χ4n) is 1.33. The number of benzene rings is 1. The Hall–Kier alpha value is -1.23. The first-order valence-electron chi connectivity index (χ1n) is 4.98. The van der Waals surface area contributed by atoms with E-state index in [4.69, 9.17) is 4.74 Å². The predicted octanol–water partition coefficient (Wildman–Crippen LogP) is 1.46. The highest BCUT2D eigenvalue weighted by molar-refractivity contribution is 7.90. The van der Waals surface area contributed by atoms with Crippen molar-refractivity contribution in [2.24, 2.45) is 0 Å². The van der Waals surface area contributed by atoms with E-state index in [1.54, 1.807) is 7.11 Å². The molecule has 90 valence electrons. The lowest BCUT2D eigenvalue weighted by molar-refractivity contribution is 0.416. The molecule has 0 atom stereocenters. The number of sulfone groups is 1. The van der Waals surface area contributed by atoms with Crippen molar-refractivity contribution in [3.8, 4) is 5.75 Å². The summed E-state index contributed by atoms with van der Waals surface area (Å²) < 4.78 is 27.1. The van der Waals surface area contributed by atoms with Gasteiger partial charge in [0, 0.05) is 12.8 Å². The number of nitrogens with one attached hydrogen (secondary N) is 1. The molecule has 0 saturated carbocycles. The average Bonchev–Trinajstić information content (AvgIpc) is 2.16. The first kappa shape index (κ1) is 12.8. The van der Waals surface area contributed by atoms with Crippen molar-refractivity contribution < 1.29 is 13.2 Å². The number of anilines is 1. The Bertz CT molecular complexity index is 454. The first-order valence-corrected chi connectivity index (χ1v) is 7.04. The first-order chi connectivity index (χ1) is 7.42. The summed E-state index contributed by atoms with van der Waals surface area (Å²) in [5.74, 6) is 0.837. The molecular weight excluding hydrogens is 226 g/mol. The van der Waals surface area contributed by atoms with Gasteiger partial charge < -0.3 is 10.1 Å². The summed E-state index contributed by atoms with van der Waals surface area (Å²) in [6.45, 7) is 2.36. The molecule has 0 saturated heterocycles. The monoisotopic (exact) mass is 243 g/mol. The van der Waals surface area contributed by atoms with Crippen LogP contribution in [0, 0.1) is 6.92 Å². The molecule has 0 spiro atoms. The van der Waals surface area contributed by atoms with E-state index in [9.17, 15) is 8.42 Å². The third-order valence-electron chi connectivity index (χ3n) is 2.14. The van der Waals surface area contributed by atoms with Gasteiger partial charge in [-0.1, -0.05) is 6.07 Å². The van der Waals surface area contributed by atoms with Gasteiger partial charge in [0.15, 0.2) is 0 Å². The third kappa shape index (κ3) is 4.10. The summed E-state index contributed by atoms with van der Waals surface area (Å²) in [4.78, 5) is 0. The van der Waals surface area contributed by atoms with Crippen molar-refractivity contribution >= 4 is 15.5 Å². The van der Waals surface area contributed by atoms with Gasteiger partial charge in [0.05, 0.1) is 18.6 Å². The van der Waals surface area contributed by atoms with Crippen LogP contribution in [0.1, 0.15) is 5.56 Å². The minimum absolute atomic E-state index is 0.115. The number of methoxy groups -OCH3 is 1. The van der Waals surface area contributed by atoms with Crippen LogP contribution in [0.25, 0.3) is 0 Å². The summed E-state index contributed by atoms with van der Waals surface area (Å²) in [7, 11) is -1.34. The molecule has 0 aromatic heterocycles. The van der Waals surface area contributed by atoms with Crippen molar-refractivity contribution in [1.82, 2.24) is 0 Å². The normalized spacial score (nSPS) is 11.2. The Morgan fingerprint density at radius 1 is 1.38 bits per heavy atom. The molecule has 0 aliphatic carbocycles. The van der Waals surface area contributed by atoms with Gasteiger partial charge >= 0.3 is 0 Å². The van der Waals surface area contributed by atoms with Gasteiger partial charge in [0.2, 0.25) is 0 Å². The smallest absolute Gasteiger partial charge is 0.149 e. The second-order valence-electron chi connectivity index (χ2n) is 3.76. The molecular formula is C11H17NO3S. The highest BCUT2D eigenvalue weighted by Gasteiger charge is 2.05. The van der Waals surface area contributed by atoms with Crippen LogP contribution in [0.3, 0.4) is 0 Å². The van der Waals surface area contributed by atoms with Crippen LogP contribution in [-0.4, -0.2) is 34.1 Å². The fourth-order valence-corrected chi connectivity index (χ4v) is 1.80. The van der Waals surface area contributed by atoms with E-state index in [0.717, 1.165) is 17.0 Å². The average molecular weight is 243 g/mol. The highest BCUT2D eigenvalue weighted by atomic mass is 32.2. The SMILES string of the molecule is COc1ccc(C)cc1NCCS(C)(=O)=O. The maximum Gasteiger partial charge on any atom is 0.149 e. The molecule has 1 N–H and O–H groups in total. The zero-order valence-corrected chi connectivity index (χ0v) is 10.6. The van der Waals surface area contributed by atoms with E-state index in [1.807, 2.05) is 25.1 Å². The fraction of sp³-hybridized carbons (Fsp3) is 0.455.